The van der Waals surface area contributed by atoms with Crippen molar-refractivity contribution in [3.05, 3.63) is 35.6 Å². The van der Waals surface area contributed by atoms with Crippen molar-refractivity contribution in [2.75, 3.05) is 26.2 Å². The highest BCUT2D eigenvalue weighted by Gasteiger charge is 2.17. The van der Waals surface area contributed by atoms with Crippen LogP contribution in [0.15, 0.2) is 24.3 Å². The van der Waals surface area contributed by atoms with Gasteiger partial charge in [0.25, 0.3) is 0 Å². The molecule has 0 spiro atoms. The predicted molar refractivity (Wildman–Crippen MR) is 66.5 cm³/mol. The zero-order valence-electron chi connectivity index (χ0n) is 9.45. The molecule has 4 heteroatoms. The molecule has 1 aromatic carbocycles. The van der Waals surface area contributed by atoms with Crippen LogP contribution in [0.2, 0.25) is 0 Å². The topological polar surface area (TPSA) is 15.3 Å². The summed E-state index contributed by atoms with van der Waals surface area (Å²) in [5.41, 5.74) is 1.19. The lowest BCUT2D eigenvalue weighted by molar-refractivity contribution is 0.185. The molecule has 0 radical (unpaired) electrons. The molecule has 90 valence electrons. The van der Waals surface area contributed by atoms with Gasteiger partial charge >= 0.3 is 0 Å². The first-order valence-electron chi connectivity index (χ1n) is 5.47. The molecule has 1 atom stereocenters. The number of nitrogens with zero attached hydrogens (tertiary/aromatic N) is 1. The van der Waals surface area contributed by atoms with Crippen molar-refractivity contribution in [2.24, 2.45) is 0 Å². The molecule has 2 rings (SSSR count). The van der Waals surface area contributed by atoms with Gasteiger partial charge in [0, 0.05) is 32.2 Å². The van der Waals surface area contributed by atoms with Crippen LogP contribution >= 0.6 is 12.4 Å². The Bertz CT molecular complexity index is 309. The fourth-order valence-electron chi connectivity index (χ4n) is 2.02. The van der Waals surface area contributed by atoms with Gasteiger partial charge in [0.1, 0.15) is 5.82 Å². The van der Waals surface area contributed by atoms with Crippen LogP contribution < -0.4 is 5.32 Å². The molecule has 1 aromatic rings. The SMILES string of the molecule is CC(c1ccc(F)cc1)N1CCNCC1.Cl. The summed E-state index contributed by atoms with van der Waals surface area (Å²) in [4.78, 5) is 2.42. The average molecular weight is 245 g/mol. The molecule has 1 aliphatic heterocycles. The third kappa shape index (κ3) is 3.17. The van der Waals surface area contributed by atoms with Crippen LogP contribution in [0.3, 0.4) is 0 Å². The second kappa shape index (κ2) is 6.18. The van der Waals surface area contributed by atoms with E-state index in [4.69, 9.17) is 0 Å². The minimum atomic E-state index is -0.161. The Balaban J connectivity index is 0.00000128. The summed E-state index contributed by atoms with van der Waals surface area (Å²) in [6.45, 7) is 6.41. The number of piperazine rings is 1. The van der Waals surface area contributed by atoms with Gasteiger partial charge in [0.15, 0.2) is 0 Å². The van der Waals surface area contributed by atoms with E-state index in [1.807, 2.05) is 12.1 Å². The van der Waals surface area contributed by atoms with E-state index >= 15 is 0 Å². The predicted octanol–water partition coefficient (Wildman–Crippen LogP) is 2.21. The summed E-state index contributed by atoms with van der Waals surface area (Å²) in [5, 5.41) is 3.33. The molecule has 2 nitrogen and oxygen atoms in total. The molecule has 0 saturated carbocycles. The molecule has 0 aromatic heterocycles. The summed E-state index contributed by atoms with van der Waals surface area (Å²) in [6.07, 6.45) is 0. The van der Waals surface area contributed by atoms with Gasteiger partial charge in [-0.3, -0.25) is 4.90 Å². The maximum absolute atomic E-state index is 12.8. The van der Waals surface area contributed by atoms with Crippen LogP contribution in [-0.2, 0) is 0 Å². The van der Waals surface area contributed by atoms with Gasteiger partial charge in [-0.15, -0.1) is 12.4 Å². The van der Waals surface area contributed by atoms with Gasteiger partial charge in [-0.05, 0) is 24.6 Å². The number of rotatable bonds is 2. The standard InChI is InChI=1S/C12H17FN2.ClH/c1-10(15-8-6-14-7-9-15)11-2-4-12(13)5-3-11;/h2-5,10,14H,6-9H2,1H3;1H. The number of benzene rings is 1. The number of hydrogen-bond donors (Lipinski definition) is 1. The summed E-state index contributed by atoms with van der Waals surface area (Å²) < 4.78 is 12.8. The van der Waals surface area contributed by atoms with Crippen LogP contribution in [0, 0.1) is 5.82 Å². The molecular formula is C12H18ClFN2. The van der Waals surface area contributed by atoms with Gasteiger partial charge in [-0.2, -0.15) is 0 Å². The Hall–Kier alpha value is -0.640. The highest BCUT2D eigenvalue weighted by molar-refractivity contribution is 5.85. The summed E-state index contributed by atoms with van der Waals surface area (Å²) in [5.74, 6) is -0.161. The van der Waals surface area contributed by atoms with Crippen molar-refractivity contribution in [1.29, 1.82) is 0 Å². The van der Waals surface area contributed by atoms with Gasteiger partial charge in [-0.25, -0.2) is 4.39 Å². The van der Waals surface area contributed by atoms with E-state index in [2.05, 4.69) is 17.1 Å². The van der Waals surface area contributed by atoms with Crippen LogP contribution in [0.5, 0.6) is 0 Å². The van der Waals surface area contributed by atoms with Gasteiger partial charge < -0.3 is 5.32 Å². The molecule has 1 saturated heterocycles. The molecule has 16 heavy (non-hydrogen) atoms. The molecule has 1 aliphatic rings. The highest BCUT2D eigenvalue weighted by Crippen LogP contribution is 2.20. The van der Waals surface area contributed by atoms with E-state index in [9.17, 15) is 4.39 Å². The maximum Gasteiger partial charge on any atom is 0.123 e. The first-order valence-corrected chi connectivity index (χ1v) is 5.47. The second-order valence-corrected chi connectivity index (χ2v) is 4.01. The Morgan fingerprint density at radius 3 is 2.31 bits per heavy atom. The molecule has 1 fully saturated rings. The molecule has 1 unspecified atom stereocenters. The van der Waals surface area contributed by atoms with Crippen molar-refractivity contribution in [3.8, 4) is 0 Å². The van der Waals surface area contributed by atoms with Gasteiger partial charge in [0.2, 0.25) is 0 Å². The minimum absolute atomic E-state index is 0. The molecular weight excluding hydrogens is 227 g/mol. The molecule has 0 amide bonds. The van der Waals surface area contributed by atoms with Crippen molar-refractivity contribution in [1.82, 2.24) is 10.2 Å². The first kappa shape index (κ1) is 13.4. The Kier molecular flexibility index (Phi) is 5.19. The fourth-order valence-corrected chi connectivity index (χ4v) is 2.02. The van der Waals surface area contributed by atoms with Crippen molar-refractivity contribution >= 4 is 12.4 Å². The quantitative estimate of drug-likeness (QED) is 0.858. The molecule has 0 bridgehead atoms. The van der Waals surface area contributed by atoms with E-state index < -0.39 is 0 Å². The van der Waals surface area contributed by atoms with E-state index in [1.54, 1.807) is 0 Å². The molecule has 0 aliphatic carbocycles. The second-order valence-electron chi connectivity index (χ2n) is 4.01. The van der Waals surface area contributed by atoms with Gasteiger partial charge in [0.05, 0.1) is 0 Å². The van der Waals surface area contributed by atoms with Crippen molar-refractivity contribution in [3.63, 3.8) is 0 Å². The molecule has 1 heterocycles. The monoisotopic (exact) mass is 244 g/mol. The van der Waals surface area contributed by atoms with Crippen LogP contribution in [-0.4, -0.2) is 31.1 Å². The third-order valence-electron chi connectivity index (χ3n) is 3.05. The fraction of sp³-hybridized carbons (Fsp3) is 0.500. The van der Waals surface area contributed by atoms with Crippen molar-refractivity contribution < 1.29 is 4.39 Å². The van der Waals surface area contributed by atoms with E-state index in [0.717, 1.165) is 26.2 Å². The average Bonchev–Trinajstić information content (AvgIpc) is 2.30. The lowest BCUT2D eigenvalue weighted by Gasteiger charge is -2.33. The number of nitrogens with one attached hydrogen (secondary N) is 1. The smallest absolute Gasteiger partial charge is 0.123 e. The maximum atomic E-state index is 12.8. The zero-order chi connectivity index (χ0) is 10.7. The Labute approximate surface area is 102 Å². The molecule has 1 N–H and O–H groups in total. The van der Waals surface area contributed by atoms with Gasteiger partial charge in [-0.1, -0.05) is 12.1 Å². The lowest BCUT2D eigenvalue weighted by atomic mass is 10.1. The lowest BCUT2D eigenvalue weighted by Crippen LogP contribution is -2.44. The normalized spacial score (nSPS) is 18.9. The number of hydrogen-bond acceptors (Lipinski definition) is 2. The van der Waals surface area contributed by atoms with E-state index in [0.29, 0.717) is 6.04 Å². The van der Waals surface area contributed by atoms with Crippen LogP contribution in [0.1, 0.15) is 18.5 Å². The third-order valence-corrected chi connectivity index (χ3v) is 3.05. The Morgan fingerprint density at radius 2 is 1.75 bits per heavy atom. The summed E-state index contributed by atoms with van der Waals surface area (Å²) in [6, 6.07) is 7.21. The van der Waals surface area contributed by atoms with Crippen molar-refractivity contribution in [2.45, 2.75) is 13.0 Å². The Morgan fingerprint density at radius 1 is 1.19 bits per heavy atom. The largest absolute Gasteiger partial charge is 0.314 e. The number of halogens is 2. The first-order chi connectivity index (χ1) is 7.27. The van der Waals surface area contributed by atoms with Crippen LogP contribution in [0.25, 0.3) is 0 Å². The highest BCUT2D eigenvalue weighted by atomic mass is 35.5. The van der Waals surface area contributed by atoms with E-state index in [1.165, 1.54) is 17.7 Å². The summed E-state index contributed by atoms with van der Waals surface area (Å²) >= 11 is 0. The summed E-state index contributed by atoms with van der Waals surface area (Å²) in [7, 11) is 0. The van der Waals surface area contributed by atoms with E-state index in [-0.39, 0.29) is 18.2 Å². The zero-order valence-corrected chi connectivity index (χ0v) is 10.3. The van der Waals surface area contributed by atoms with Crippen LogP contribution in [0.4, 0.5) is 4.39 Å². The minimum Gasteiger partial charge on any atom is -0.314 e.